The Hall–Kier alpha value is -3.77. The molecule has 0 bridgehead atoms. The van der Waals surface area contributed by atoms with E-state index < -0.39 is 10.0 Å². The number of rotatable bonds is 10. The molecule has 12 heteroatoms. The summed E-state index contributed by atoms with van der Waals surface area (Å²) in [6, 6.07) is 14.0. The minimum absolute atomic E-state index is 0.186. The zero-order valence-corrected chi connectivity index (χ0v) is 22.1. The van der Waals surface area contributed by atoms with Gasteiger partial charge in [-0.2, -0.15) is 9.29 Å². The highest BCUT2D eigenvalue weighted by Crippen LogP contribution is 2.24. The number of sulfonamides is 1. The van der Waals surface area contributed by atoms with Crippen molar-refractivity contribution in [2.24, 2.45) is 0 Å². The van der Waals surface area contributed by atoms with Crippen molar-refractivity contribution in [2.75, 3.05) is 50.1 Å². The van der Waals surface area contributed by atoms with E-state index >= 15 is 0 Å². The van der Waals surface area contributed by atoms with Gasteiger partial charge in [-0.3, -0.25) is 4.79 Å². The van der Waals surface area contributed by atoms with Gasteiger partial charge >= 0.3 is 5.97 Å². The Kier molecular flexibility index (Phi) is 8.74. The number of methoxy groups -OCH3 is 1. The van der Waals surface area contributed by atoms with Crippen molar-refractivity contribution in [1.82, 2.24) is 14.3 Å². The Balaban J connectivity index is 1.34. The van der Waals surface area contributed by atoms with Crippen LogP contribution >= 0.6 is 0 Å². The van der Waals surface area contributed by atoms with Gasteiger partial charge in [0.1, 0.15) is 17.4 Å². The Morgan fingerprint density at radius 3 is 2.37 bits per heavy atom. The fourth-order valence-corrected chi connectivity index (χ4v) is 5.36. The first-order valence-electron chi connectivity index (χ1n) is 12.2. The smallest absolute Gasteiger partial charge is 0.305 e. The van der Waals surface area contributed by atoms with Crippen molar-refractivity contribution in [3.05, 3.63) is 66.1 Å². The van der Waals surface area contributed by atoms with Crippen molar-refractivity contribution < 1.29 is 27.1 Å². The van der Waals surface area contributed by atoms with Crippen LogP contribution in [0.25, 0.3) is 0 Å². The third-order valence-electron chi connectivity index (χ3n) is 5.96. The summed E-state index contributed by atoms with van der Waals surface area (Å²) in [5, 5.41) is 3.15. The molecular weight excluding hydrogens is 513 g/mol. The van der Waals surface area contributed by atoms with E-state index in [-0.39, 0.29) is 36.2 Å². The van der Waals surface area contributed by atoms with E-state index in [0.717, 1.165) is 5.69 Å². The monoisotopic (exact) mass is 543 g/mol. The lowest BCUT2D eigenvalue weighted by Crippen LogP contribution is -2.49. The maximum absolute atomic E-state index is 13.2. The average Bonchev–Trinajstić information content (AvgIpc) is 2.92. The number of hydrogen-bond donors (Lipinski definition) is 1. The average molecular weight is 544 g/mol. The molecule has 2 aromatic carbocycles. The fraction of sp³-hybridized carbons (Fsp3) is 0.346. The molecule has 0 radical (unpaired) electrons. The number of hydrogen-bond acceptors (Lipinski definition) is 9. The van der Waals surface area contributed by atoms with Crippen molar-refractivity contribution in [3.8, 4) is 5.75 Å². The van der Waals surface area contributed by atoms with Gasteiger partial charge in [0.15, 0.2) is 0 Å². The number of piperazine rings is 1. The molecule has 0 atom stereocenters. The molecule has 38 heavy (non-hydrogen) atoms. The second-order valence-electron chi connectivity index (χ2n) is 8.72. The van der Waals surface area contributed by atoms with Gasteiger partial charge in [0.25, 0.3) is 0 Å². The molecule has 1 saturated heterocycles. The van der Waals surface area contributed by atoms with Gasteiger partial charge in [-0.05, 0) is 61.9 Å². The summed E-state index contributed by atoms with van der Waals surface area (Å²) in [4.78, 5) is 22.4. The fourth-order valence-electron chi connectivity index (χ4n) is 3.93. The lowest BCUT2D eigenvalue weighted by atomic mass is 10.3. The van der Waals surface area contributed by atoms with Gasteiger partial charge in [0.05, 0.1) is 18.6 Å². The lowest BCUT2D eigenvalue weighted by molar-refractivity contribution is -0.140. The van der Waals surface area contributed by atoms with Gasteiger partial charge in [-0.25, -0.2) is 17.8 Å². The van der Waals surface area contributed by atoms with Gasteiger partial charge in [0.2, 0.25) is 16.0 Å². The first-order valence-corrected chi connectivity index (χ1v) is 13.6. The molecule has 3 aromatic rings. The molecule has 1 fully saturated rings. The number of carbonyl (C=O) groups is 1. The van der Waals surface area contributed by atoms with Crippen LogP contribution in [0.5, 0.6) is 5.75 Å². The number of benzene rings is 2. The van der Waals surface area contributed by atoms with E-state index in [9.17, 15) is 17.6 Å². The highest BCUT2D eigenvalue weighted by molar-refractivity contribution is 7.89. The topological polar surface area (TPSA) is 114 Å². The molecule has 202 valence electrons. The summed E-state index contributed by atoms with van der Waals surface area (Å²) in [7, 11) is -2.34. The molecule has 2 heterocycles. The highest BCUT2D eigenvalue weighted by atomic mass is 32.2. The summed E-state index contributed by atoms with van der Waals surface area (Å²) >= 11 is 0. The number of nitrogens with one attached hydrogen (secondary N) is 1. The zero-order chi connectivity index (χ0) is 27.1. The first-order chi connectivity index (χ1) is 18.2. The third-order valence-corrected chi connectivity index (χ3v) is 7.88. The number of aromatic nitrogens is 2. The van der Waals surface area contributed by atoms with Crippen molar-refractivity contribution in [2.45, 2.75) is 24.7 Å². The summed E-state index contributed by atoms with van der Waals surface area (Å²) in [5.41, 5.74) is 1.45. The number of esters is 1. The van der Waals surface area contributed by atoms with Crippen LogP contribution in [0, 0.1) is 12.7 Å². The number of nitrogens with zero attached hydrogens (tertiary/aromatic N) is 4. The normalized spacial score (nSPS) is 14.2. The SMILES string of the molecule is COC(=O)CCCOc1ccc(S(=O)(=O)N2CCN(c3nc(C)cc(Nc4ccc(F)cc4)n3)CC2)cc1. The summed E-state index contributed by atoms with van der Waals surface area (Å²) in [5.74, 6) is 0.980. The summed E-state index contributed by atoms with van der Waals surface area (Å²) in [6.45, 7) is 3.61. The van der Waals surface area contributed by atoms with Crippen molar-refractivity contribution in [3.63, 3.8) is 0 Å². The molecule has 1 N–H and O–H groups in total. The standard InChI is InChI=1S/C26H30FN5O5S/c1-19-18-24(29-21-7-5-20(27)6-8-21)30-26(28-19)31-13-15-32(16-14-31)38(34,35)23-11-9-22(10-12-23)37-17-3-4-25(33)36-2/h5-12,18H,3-4,13-17H2,1-2H3,(H,28,29,30). The number of anilines is 3. The van der Waals surface area contributed by atoms with Crippen LogP contribution in [0.1, 0.15) is 18.5 Å². The maximum Gasteiger partial charge on any atom is 0.305 e. The summed E-state index contributed by atoms with van der Waals surface area (Å²) < 4.78 is 51.2. The van der Waals surface area contributed by atoms with E-state index in [0.29, 0.717) is 49.3 Å². The van der Waals surface area contributed by atoms with Gasteiger partial charge in [-0.1, -0.05) is 0 Å². The van der Waals surface area contributed by atoms with Crippen LogP contribution in [0.2, 0.25) is 0 Å². The van der Waals surface area contributed by atoms with E-state index in [2.05, 4.69) is 20.0 Å². The van der Waals surface area contributed by atoms with Crippen molar-refractivity contribution >= 4 is 33.4 Å². The Morgan fingerprint density at radius 2 is 1.71 bits per heavy atom. The molecule has 0 amide bonds. The largest absolute Gasteiger partial charge is 0.494 e. The van der Waals surface area contributed by atoms with Crippen LogP contribution in [0.15, 0.2) is 59.5 Å². The van der Waals surface area contributed by atoms with Crippen LogP contribution in [0.3, 0.4) is 0 Å². The predicted octanol–water partition coefficient (Wildman–Crippen LogP) is 3.51. The molecule has 1 aromatic heterocycles. The van der Waals surface area contributed by atoms with Gasteiger partial charge in [-0.15, -0.1) is 0 Å². The molecule has 1 aliphatic rings. The first kappa shape index (κ1) is 27.3. The van der Waals surface area contributed by atoms with E-state index in [1.54, 1.807) is 30.3 Å². The Bertz CT molecular complexity index is 1350. The molecule has 10 nitrogen and oxygen atoms in total. The molecule has 1 aliphatic heterocycles. The molecule has 0 unspecified atom stereocenters. The summed E-state index contributed by atoms with van der Waals surface area (Å²) in [6.07, 6.45) is 0.764. The molecule has 0 spiro atoms. The maximum atomic E-state index is 13.2. The predicted molar refractivity (Wildman–Crippen MR) is 141 cm³/mol. The number of ether oxygens (including phenoxy) is 2. The Morgan fingerprint density at radius 1 is 1.03 bits per heavy atom. The van der Waals surface area contributed by atoms with Crippen LogP contribution in [0.4, 0.5) is 21.8 Å². The number of halogens is 1. The van der Waals surface area contributed by atoms with Crippen LogP contribution in [-0.4, -0.2) is 68.6 Å². The van der Waals surface area contributed by atoms with E-state index in [4.69, 9.17) is 4.74 Å². The highest BCUT2D eigenvalue weighted by Gasteiger charge is 2.29. The lowest BCUT2D eigenvalue weighted by Gasteiger charge is -2.34. The van der Waals surface area contributed by atoms with Gasteiger partial charge < -0.3 is 19.7 Å². The molecule has 0 saturated carbocycles. The molecular formula is C26H30FN5O5S. The van der Waals surface area contributed by atoms with Crippen LogP contribution in [-0.2, 0) is 19.6 Å². The quantitative estimate of drug-likeness (QED) is 0.303. The molecule has 0 aliphatic carbocycles. The Labute approximate surface area is 221 Å². The third kappa shape index (κ3) is 6.95. The number of carbonyl (C=O) groups excluding carboxylic acids is 1. The van der Waals surface area contributed by atoms with Crippen LogP contribution < -0.4 is 15.0 Å². The van der Waals surface area contributed by atoms with Crippen molar-refractivity contribution in [1.29, 1.82) is 0 Å². The van der Waals surface area contributed by atoms with E-state index in [1.807, 2.05) is 11.8 Å². The second kappa shape index (κ2) is 12.2. The molecule has 4 rings (SSSR count). The van der Waals surface area contributed by atoms with Gasteiger partial charge in [0, 0.05) is 50.0 Å². The second-order valence-corrected chi connectivity index (χ2v) is 10.7. The zero-order valence-electron chi connectivity index (χ0n) is 21.3. The number of aryl methyl sites for hydroxylation is 1. The van der Waals surface area contributed by atoms with E-state index in [1.165, 1.54) is 35.7 Å². The minimum Gasteiger partial charge on any atom is -0.494 e. The minimum atomic E-state index is -3.68.